The van der Waals surface area contributed by atoms with Gasteiger partial charge in [0.25, 0.3) is 0 Å². The first-order valence-electron chi connectivity index (χ1n) is 9.45. The Morgan fingerprint density at radius 3 is 2.33 bits per heavy atom. The predicted octanol–water partition coefficient (Wildman–Crippen LogP) is 3.52. The number of urea groups is 1. The summed E-state index contributed by atoms with van der Waals surface area (Å²) >= 11 is 0. The van der Waals surface area contributed by atoms with Crippen LogP contribution in [0.5, 0.6) is 0 Å². The number of carbonyl (C=O) groups is 2. The zero-order chi connectivity index (χ0) is 20.4. The van der Waals surface area contributed by atoms with Gasteiger partial charge in [0.15, 0.2) is 0 Å². The van der Waals surface area contributed by atoms with Crippen molar-refractivity contribution in [3.8, 4) is 0 Å². The summed E-state index contributed by atoms with van der Waals surface area (Å²) in [4.78, 5) is 28.1. The maximum Gasteiger partial charge on any atom is 0.410 e. The number of hydrogen-bond donors (Lipinski definition) is 2. The van der Waals surface area contributed by atoms with E-state index >= 15 is 0 Å². The number of likely N-dealkylation sites (N-methyl/N-ethyl adjacent to an activating group) is 1. The molecule has 0 aliphatic carbocycles. The third-order valence-corrected chi connectivity index (χ3v) is 3.99. The van der Waals surface area contributed by atoms with Crippen LogP contribution < -0.4 is 10.6 Å². The molecule has 3 amide bonds. The Balaban J connectivity index is 2.63. The van der Waals surface area contributed by atoms with Crippen molar-refractivity contribution in [2.75, 3.05) is 38.5 Å². The maximum absolute atomic E-state index is 12.2. The highest BCUT2D eigenvalue weighted by Gasteiger charge is 2.20. The number of amides is 3. The van der Waals surface area contributed by atoms with Crippen molar-refractivity contribution in [3.05, 3.63) is 29.8 Å². The van der Waals surface area contributed by atoms with E-state index < -0.39 is 11.7 Å². The first-order chi connectivity index (χ1) is 12.7. The van der Waals surface area contributed by atoms with Crippen molar-refractivity contribution in [2.24, 2.45) is 0 Å². The van der Waals surface area contributed by atoms with E-state index in [2.05, 4.69) is 29.4 Å². The monoisotopic (exact) mass is 378 g/mol. The Morgan fingerprint density at radius 2 is 1.74 bits per heavy atom. The lowest BCUT2D eigenvalue weighted by atomic mass is 10.1. The molecule has 0 spiro atoms. The second-order valence-electron chi connectivity index (χ2n) is 7.40. The van der Waals surface area contributed by atoms with E-state index in [1.807, 2.05) is 45.0 Å². The second kappa shape index (κ2) is 10.8. The quantitative estimate of drug-likeness (QED) is 0.726. The van der Waals surface area contributed by atoms with Gasteiger partial charge in [-0.1, -0.05) is 32.0 Å². The van der Waals surface area contributed by atoms with Gasteiger partial charge in [0, 0.05) is 25.8 Å². The van der Waals surface area contributed by atoms with Gasteiger partial charge < -0.3 is 25.2 Å². The van der Waals surface area contributed by atoms with E-state index in [0.717, 1.165) is 25.2 Å². The van der Waals surface area contributed by atoms with Crippen LogP contribution in [-0.4, -0.2) is 60.8 Å². The van der Waals surface area contributed by atoms with Crippen molar-refractivity contribution in [2.45, 2.75) is 46.8 Å². The Labute approximate surface area is 163 Å². The normalized spacial score (nSPS) is 11.2. The van der Waals surface area contributed by atoms with Crippen LogP contribution >= 0.6 is 0 Å². The first-order valence-corrected chi connectivity index (χ1v) is 9.45. The number of nitrogens with one attached hydrogen (secondary N) is 2. The predicted molar refractivity (Wildman–Crippen MR) is 109 cm³/mol. The zero-order valence-corrected chi connectivity index (χ0v) is 17.5. The van der Waals surface area contributed by atoms with Crippen LogP contribution in [0.2, 0.25) is 0 Å². The molecule has 0 aliphatic rings. The summed E-state index contributed by atoms with van der Waals surface area (Å²) in [6.45, 7) is 13.3. The molecular weight excluding hydrogens is 344 g/mol. The van der Waals surface area contributed by atoms with Gasteiger partial charge in [-0.05, 0) is 45.5 Å². The molecule has 0 saturated carbocycles. The van der Waals surface area contributed by atoms with E-state index in [-0.39, 0.29) is 6.03 Å². The summed E-state index contributed by atoms with van der Waals surface area (Å²) in [6.07, 6.45) is -0.402. The summed E-state index contributed by atoms with van der Waals surface area (Å²) < 4.78 is 5.37. The van der Waals surface area contributed by atoms with E-state index in [0.29, 0.717) is 18.8 Å². The molecule has 0 aliphatic heterocycles. The fourth-order valence-electron chi connectivity index (χ4n) is 2.47. The largest absolute Gasteiger partial charge is 0.444 e. The van der Waals surface area contributed by atoms with E-state index in [4.69, 9.17) is 4.74 Å². The minimum absolute atomic E-state index is 0.255. The average molecular weight is 379 g/mol. The minimum Gasteiger partial charge on any atom is -0.444 e. The number of para-hydroxylation sites is 1. The maximum atomic E-state index is 12.2. The molecule has 0 aromatic heterocycles. The minimum atomic E-state index is -0.548. The summed E-state index contributed by atoms with van der Waals surface area (Å²) in [5.74, 6) is 0. The van der Waals surface area contributed by atoms with Crippen LogP contribution in [0.25, 0.3) is 0 Å². The molecule has 1 aromatic rings. The summed E-state index contributed by atoms with van der Waals surface area (Å²) in [5.41, 5.74) is 0.964. The standard InChI is InChI=1S/C20H34N4O3/c1-7-24(8-2)14-13-21-18(25)22-17-12-10-9-11-16(17)15-23(6)19(26)27-20(3,4)5/h9-12H,7-8,13-15H2,1-6H3,(H2,21,22,25). The first kappa shape index (κ1) is 22.8. The third kappa shape index (κ3) is 8.77. The van der Waals surface area contributed by atoms with Crippen LogP contribution in [0.1, 0.15) is 40.2 Å². The topological polar surface area (TPSA) is 73.9 Å². The Kier molecular flexibility index (Phi) is 9.08. The van der Waals surface area contributed by atoms with Gasteiger partial charge in [0.2, 0.25) is 0 Å². The number of rotatable bonds is 8. The number of ether oxygens (including phenoxy) is 1. The number of anilines is 1. The molecule has 7 nitrogen and oxygen atoms in total. The molecule has 0 bridgehead atoms. The lowest BCUT2D eigenvalue weighted by molar-refractivity contribution is 0.0285. The van der Waals surface area contributed by atoms with Gasteiger partial charge in [-0.2, -0.15) is 0 Å². The van der Waals surface area contributed by atoms with Crippen molar-refractivity contribution in [1.29, 1.82) is 0 Å². The fraction of sp³-hybridized carbons (Fsp3) is 0.600. The van der Waals surface area contributed by atoms with Gasteiger partial charge in [-0.3, -0.25) is 0 Å². The molecule has 1 aromatic carbocycles. The zero-order valence-electron chi connectivity index (χ0n) is 17.5. The second-order valence-corrected chi connectivity index (χ2v) is 7.40. The molecule has 152 valence electrons. The molecule has 0 fully saturated rings. The van der Waals surface area contributed by atoms with Crippen molar-refractivity contribution in [1.82, 2.24) is 15.1 Å². The molecule has 0 atom stereocenters. The van der Waals surface area contributed by atoms with Crippen molar-refractivity contribution >= 4 is 17.8 Å². The van der Waals surface area contributed by atoms with Crippen LogP contribution in [0.15, 0.2) is 24.3 Å². The summed E-state index contributed by atoms with van der Waals surface area (Å²) in [7, 11) is 1.68. The van der Waals surface area contributed by atoms with Gasteiger partial charge in [-0.15, -0.1) is 0 Å². The highest BCUT2D eigenvalue weighted by Crippen LogP contribution is 2.18. The lowest BCUT2D eigenvalue weighted by Crippen LogP contribution is -2.37. The van der Waals surface area contributed by atoms with E-state index in [9.17, 15) is 9.59 Å². The molecule has 7 heteroatoms. The highest BCUT2D eigenvalue weighted by molar-refractivity contribution is 5.90. The molecule has 1 rings (SSSR count). The molecule has 0 radical (unpaired) electrons. The number of nitrogens with zero attached hydrogens (tertiary/aromatic N) is 2. The van der Waals surface area contributed by atoms with Crippen molar-refractivity contribution < 1.29 is 14.3 Å². The van der Waals surface area contributed by atoms with Gasteiger partial charge in [0.05, 0.1) is 6.54 Å². The third-order valence-electron chi connectivity index (χ3n) is 3.99. The SMILES string of the molecule is CCN(CC)CCNC(=O)Nc1ccccc1CN(C)C(=O)OC(C)(C)C. The Morgan fingerprint density at radius 1 is 1.11 bits per heavy atom. The number of hydrogen-bond acceptors (Lipinski definition) is 4. The average Bonchev–Trinajstić information content (AvgIpc) is 2.59. The summed E-state index contributed by atoms with van der Waals surface area (Å²) in [5, 5.41) is 5.73. The molecular formula is C20H34N4O3. The smallest absolute Gasteiger partial charge is 0.410 e. The van der Waals surface area contributed by atoms with Gasteiger partial charge >= 0.3 is 12.1 Å². The molecule has 0 heterocycles. The highest BCUT2D eigenvalue weighted by atomic mass is 16.6. The molecule has 2 N–H and O–H groups in total. The number of carbonyl (C=O) groups excluding carboxylic acids is 2. The van der Waals surface area contributed by atoms with Crippen molar-refractivity contribution in [3.63, 3.8) is 0 Å². The van der Waals surface area contributed by atoms with Crippen LogP contribution in [0.3, 0.4) is 0 Å². The Hall–Kier alpha value is -2.28. The number of benzene rings is 1. The van der Waals surface area contributed by atoms with Gasteiger partial charge in [0.1, 0.15) is 5.60 Å². The van der Waals surface area contributed by atoms with Crippen LogP contribution in [0, 0.1) is 0 Å². The molecule has 27 heavy (non-hydrogen) atoms. The van der Waals surface area contributed by atoms with Crippen LogP contribution in [0.4, 0.5) is 15.3 Å². The van der Waals surface area contributed by atoms with Crippen LogP contribution in [-0.2, 0) is 11.3 Å². The summed E-state index contributed by atoms with van der Waals surface area (Å²) in [6, 6.07) is 7.17. The van der Waals surface area contributed by atoms with Gasteiger partial charge in [-0.25, -0.2) is 9.59 Å². The molecule has 0 saturated heterocycles. The fourth-order valence-corrected chi connectivity index (χ4v) is 2.47. The lowest BCUT2D eigenvalue weighted by Gasteiger charge is -2.25. The Bertz CT molecular complexity index is 609. The van der Waals surface area contributed by atoms with E-state index in [1.54, 1.807) is 7.05 Å². The molecule has 0 unspecified atom stereocenters. The van der Waals surface area contributed by atoms with E-state index in [1.165, 1.54) is 4.90 Å².